The van der Waals surface area contributed by atoms with Gasteiger partial charge < -0.3 is 10.6 Å². The maximum absolute atomic E-state index is 12.2. The Balaban J connectivity index is 0.00000180. The van der Waals surface area contributed by atoms with Gasteiger partial charge in [-0.05, 0) is 24.4 Å². The Morgan fingerprint density at radius 1 is 1.32 bits per heavy atom. The first-order valence-electron chi connectivity index (χ1n) is 6.74. The van der Waals surface area contributed by atoms with Crippen LogP contribution < -0.4 is 10.6 Å². The van der Waals surface area contributed by atoms with Gasteiger partial charge in [0.05, 0.1) is 12.0 Å². The number of rotatable bonds is 4. The molecular formula is C15H23ClN2O. The molecule has 1 heterocycles. The monoisotopic (exact) mass is 282 g/mol. The fourth-order valence-corrected chi connectivity index (χ4v) is 2.44. The van der Waals surface area contributed by atoms with Crippen molar-refractivity contribution in [1.82, 2.24) is 10.6 Å². The van der Waals surface area contributed by atoms with E-state index in [2.05, 4.69) is 36.6 Å². The fraction of sp³-hybridized carbons (Fsp3) is 0.533. The third-order valence-electron chi connectivity index (χ3n) is 3.55. The van der Waals surface area contributed by atoms with Crippen molar-refractivity contribution >= 4 is 18.3 Å². The molecule has 0 saturated carbocycles. The molecule has 0 radical (unpaired) electrons. The van der Waals surface area contributed by atoms with E-state index in [1.165, 1.54) is 5.56 Å². The van der Waals surface area contributed by atoms with E-state index >= 15 is 0 Å². The highest BCUT2D eigenvalue weighted by Crippen LogP contribution is 2.22. The normalized spacial score (nSPS) is 19.8. The predicted molar refractivity (Wildman–Crippen MR) is 80.4 cm³/mol. The molecule has 2 atom stereocenters. The largest absolute Gasteiger partial charge is 0.349 e. The first-order valence-corrected chi connectivity index (χ1v) is 6.74. The Hall–Kier alpha value is -1.06. The molecule has 1 aliphatic heterocycles. The molecule has 2 rings (SSSR count). The van der Waals surface area contributed by atoms with Crippen LogP contribution in [0.5, 0.6) is 0 Å². The van der Waals surface area contributed by atoms with Crippen molar-refractivity contribution in [1.29, 1.82) is 0 Å². The lowest BCUT2D eigenvalue weighted by Gasteiger charge is -2.24. The van der Waals surface area contributed by atoms with E-state index in [9.17, 15) is 4.79 Å². The average molecular weight is 283 g/mol. The SMILES string of the molecule is CC(C)C(NC(=O)C1CCNC1)c1ccccc1.Cl. The van der Waals surface area contributed by atoms with Gasteiger partial charge in [-0.1, -0.05) is 44.2 Å². The maximum atomic E-state index is 12.2. The van der Waals surface area contributed by atoms with Gasteiger partial charge in [0.25, 0.3) is 0 Å². The van der Waals surface area contributed by atoms with Crippen LogP contribution in [0.15, 0.2) is 30.3 Å². The summed E-state index contributed by atoms with van der Waals surface area (Å²) in [6.45, 7) is 6.05. The van der Waals surface area contributed by atoms with Crippen LogP contribution in [0.3, 0.4) is 0 Å². The van der Waals surface area contributed by atoms with E-state index in [4.69, 9.17) is 0 Å². The standard InChI is InChI=1S/C15H22N2O.ClH/c1-11(2)14(12-6-4-3-5-7-12)17-15(18)13-8-9-16-10-13;/h3-7,11,13-14,16H,8-10H2,1-2H3,(H,17,18);1H. The molecule has 1 aromatic carbocycles. The lowest BCUT2D eigenvalue weighted by Crippen LogP contribution is -2.37. The fourth-order valence-electron chi connectivity index (χ4n) is 2.44. The average Bonchev–Trinajstić information content (AvgIpc) is 2.90. The Morgan fingerprint density at radius 2 is 2.00 bits per heavy atom. The van der Waals surface area contributed by atoms with Gasteiger partial charge in [0, 0.05) is 6.54 Å². The summed E-state index contributed by atoms with van der Waals surface area (Å²) in [5.41, 5.74) is 1.19. The summed E-state index contributed by atoms with van der Waals surface area (Å²) < 4.78 is 0. The second kappa shape index (κ2) is 7.51. The third-order valence-corrected chi connectivity index (χ3v) is 3.55. The summed E-state index contributed by atoms with van der Waals surface area (Å²) in [7, 11) is 0. The first-order chi connectivity index (χ1) is 8.68. The van der Waals surface area contributed by atoms with Gasteiger partial charge >= 0.3 is 0 Å². The molecule has 1 amide bonds. The van der Waals surface area contributed by atoms with Crippen LogP contribution in [-0.2, 0) is 4.79 Å². The first kappa shape index (κ1) is 16.0. The number of hydrogen-bond acceptors (Lipinski definition) is 2. The van der Waals surface area contributed by atoms with Crippen LogP contribution in [0, 0.1) is 11.8 Å². The molecule has 4 heteroatoms. The van der Waals surface area contributed by atoms with Gasteiger partial charge in [-0.25, -0.2) is 0 Å². The zero-order chi connectivity index (χ0) is 13.0. The van der Waals surface area contributed by atoms with Crippen LogP contribution in [0.1, 0.15) is 31.9 Å². The molecule has 1 fully saturated rings. The van der Waals surface area contributed by atoms with Crippen molar-refractivity contribution in [2.24, 2.45) is 11.8 Å². The van der Waals surface area contributed by atoms with Gasteiger partial charge in [-0.2, -0.15) is 0 Å². The minimum atomic E-state index is 0. The van der Waals surface area contributed by atoms with Gasteiger partial charge in [-0.15, -0.1) is 12.4 Å². The van der Waals surface area contributed by atoms with E-state index in [1.54, 1.807) is 0 Å². The van der Waals surface area contributed by atoms with E-state index in [-0.39, 0.29) is 30.3 Å². The molecular weight excluding hydrogens is 260 g/mol. The van der Waals surface area contributed by atoms with Crippen LogP contribution in [0.25, 0.3) is 0 Å². The number of carbonyl (C=O) groups is 1. The van der Waals surface area contributed by atoms with Crippen LogP contribution >= 0.6 is 12.4 Å². The molecule has 3 nitrogen and oxygen atoms in total. The summed E-state index contributed by atoms with van der Waals surface area (Å²) in [6, 6.07) is 10.3. The zero-order valence-corrected chi connectivity index (χ0v) is 12.4. The zero-order valence-electron chi connectivity index (χ0n) is 11.6. The molecule has 1 saturated heterocycles. The van der Waals surface area contributed by atoms with Gasteiger partial charge in [0.2, 0.25) is 5.91 Å². The number of nitrogens with one attached hydrogen (secondary N) is 2. The molecule has 0 spiro atoms. The van der Waals surface area contributed by atoms with Crippen molar-refractivity contribution in [2.45, 2.75) is 26.3 Å². The van der Waals surface area contributed by atoms with Crippen molar-refractivity contribution in [3.8, 4) is 0 Å². The number of amides is 1. The van der Waals surface area contributed by atoms with Crippen molar-refractivity contribution < 1.29 is 4.79 Å². The summed E-state index contributed by atoms with van der Waals surface area (Å²) in [5.74, 6) is 0.711. The van der Waals surface area contributed by atoms with E-state index in [0.29, 0.717) is 5.92 Å². The van der Waals surface area contributed by atoms with Crippen LogP contribution in [0.2, 0.25) is 0 Å². The predicted octanol–water partition coefficient (Wildman–Crippen LogP) is 2.53. The Bertz CT molecular complexity index is 388. The summed E-state index contributed by atoms with van der Waals surface area (Å²) in [4.78, 5) is 12.2. The molecule has 1 aromatic rings. The van der Waals surface area contributed by atoms with Crippen molar-refractivity contribution in [3.05, 3.63) is 35.9 Å². The number of halogens is 1. The minimum absolute atomic E-state index is 0. The van der Waals surface area contributed by atoms with E-state index in [1.807, 2.05) is 18.2 Å². The number of hydrogen-bond donors (Lipinski definition) is 2. The van der Waals surface area contributed by atoms with Gasteiger partial charge in [-0.3, -0.25) is 4.79 Å². The number of benzene rings is 1. The lowest BCUT2D eigenvalue weighted by atomic mass is 9.95. The van der Waals surface area contributed by atoms with Crippen molar-refractivity contribution in [3.63, 3.8) is 0 Å². The minimum Gasteiger partial charge on any atom is -0.349 e. The third kappa shape index (κ3) is 4.22. The molecule has 1 aliphatic rings. The van der Waals surface area contributed by atoms with Crippen LogP contribution in [0.4, 0.5) is 0 Å². The molecule has 0 aromatic heterocycles. The van der Waals surface area contributed by atoms with E-state index in [0.717, 1.165) is 19.5 Å². The quantitative estimate of drug-likeness (QED) is 0.891. The Kier molecular flexibility index (Phi) is 6.32. The van der Waals surface area contributed by atoms with Crippen LogP contribution in [-0.4, -0.2) is 19.0 Å². The molecule has 106 valence electrons. The van der Waals surface area contributed by atoms with Crippen molar-refractivity contribution in [2.75, 3.05) is 13.1 Å². The highest BCUT2D eigenvalue weighted by Gasteiger charge is 2.26. The molecule has 0 aliphatic carbocycles. The second-order valence-corrected chi connectivity index (χ2v) is 5.33. The molecule has 2 N–H and O–H groups in total. The summed E-state index contributed by atoms with van der Waals surface area (Å²) >= 11 is 0. The Morgan fingerprint density at radius 3 is 2.53 bits per heavy atom. The molecule has 2 unspecified atom stereocenters. The Labute approximate surface area is 121 Å². The molecule has 19 heavy (non-hydrogen) atoms. The summed E-state index contributed by atoms with van der Waals surface area (Å²) in [6.07, 6.45) is 0.950. The highest BCUT2D eigenvalue weighted by molar-refractivity contribution is 5.85. The highest BCUT2D eigenvalue weighted by atomic mass is 35.5. The van der Waals surface area contributed by atoms with E-state index < -0.39 is 0 Å². The van der Waals surface area contributed by atoms with Gasteiger partial charge in [0.15, 0.2) is 0 Å². The maximum Gasteiger partial charge on any atom is 0.224 e. The second-order valence-electron chi connectivity index (χ2n) is 5.33. The topological polar surface area (TPSA) is 41.1 Å². The van der Waals surface area contributed by atoms with Gasteiger partial charge in [0.1, 0.15) is 0 Å². The summed E-state index contributed by atoms with van der Waals surface area (Å²) in [5, 5.41) is 6.43. The molecule has 0 bridgehead atoms. The smallest absolute Gasteiger partial charge is 0.224 e. The number of carbonyl (C=O) groups excluding carboxylic acids is 1. The lowest BCUT2D eigenvalue weighted by molar-refractivity contribution is -0.125.